The molecule has 3 aliphatic rings. The molecule has 1 aromatic carbocycles. The number of hydrogen-bond acceptors (Lipinski definition) is 1. The highest BCUT2D eigenvalue weighted by Gasteiger charge is 2.53. The summed E-state index contributed by atoms with van der Waals surface area (Å²) in [6.07, 6.45) is 7.48. The molecule has 0 heterocycles. The largest absolute Gasteiger partial charge is 0.382 e. The number of benzene rings is 1. The topological polar surface area (TPSA) is 12.0 Å². The van der Waals surface area contributed by atoms with E-state index in [9.17, 15) is 0 Å². The fourth-order valence-electron chi connectivity index (χ4n) is 5.41. The Balaban J connectivity index is 1.45. The van der Waals surface area contributed by atoms with Crippen LogP contribution in [0.4, 0.5) is 5.69 Å². The molecule has 1 heteroatoms. The average molecular weight is 269 g/mol. The van der Waals surface area contributed by atoms with Crippen LogP contribution in [0.3, 0.4) is 0 Å². The summed E-state index contributed by atoms with van der Waals surface area (Å²) in [5.74, 6) is 4.80. The molecule has 1 aromatic rings. The lowest BCUT2D eigenvalue weighted by Crippen LogP contribution is -2.33. The standard InChI is InChI=1S/C19H27N/c1-12(2)13-6-8-15(9-7-13)20-19-11-14-10-18(19)17-5-3-4-16(14)17/h6-9,12,14,16-20H,3-5,10-11H2,1-2H3. The first kappa shape index (κ1) is 12.7. The van der Waals surface area contributed by atoms with Gasteiger partial charge in [-0.05, 0) is 73.0 Å². The van der Waals surface area contributed by atoms with E-state index in [-0.39, 0.29) is 0 Å². The molecule has 5 unspecified atom stereocenters. The predicted molar refractivity (Wildman–Crippen MR) is 85.0 cm³/mol. The fraction of sp³-hybridized carbons (Fsp3) is 0.684. The van der Waals surface area contributed by atoms with Crippen molar-refractivity contribution in [1.29, 1.82) is 0 Å². The normalized spacial score (nSPS) is 38.5. The van der Waals surface area contributed by atoms with Gasteiger partial charge in [0.2, 0.25) is 0 Å². The van der Waals surface area contributed by atoms with Gasteiger partial charge >= 0.3 is 0 Å². The maximum Gasteiger partial charge on any atom is 0.0342 e. The third-order valence-corrected chi connectivity index (χ3v) is 6.36. The quantitative estimate of drug-likeness (QED) is 0.810. The van der Waals surface area contributed by atoms with Gasteiger partial charge in [-0.1, -0.05) is 32.4 Å². The van der Waals surface area contributed by atoms with Gasteiger partial charge < -0.3 is 5.32 Å². The Bertz CT molecular complexity index is 475. The van der Waals surface area contributed by atoms with Crippen molar-refractivity contribution in [2.75, 3.05) is 5.32 Å². The molecule has 0 amide bonds. The summed E-state index contributed by atoms with van der Waals surface area (Å²) in [6, 6.07) is 9.90. The molecule has 3 fully saturated rings. The van der Waals surface area contributed by atoms with E-state index in [0.717, 1.165) is 29.7 Å². The van der Waals surface area contributed by atoms with Gasteiger partial charge in [-0.2, -0.15) is 0 Å². The Morgan fingerprint density at radius 1 is 0.950 bits per heavy atom. The first-order valence-corrected chi connectivity index (χ1v) is 8.59. The highest BCUT2D eigenvalue weighted by Crippen LogP contribution is 2.59. The van der Waals surface area contributed by atoms with E-state index in [1.165, 1.54) is 43.4 Å². The Kier molecular flexibility index (Phi) is 3.05. The molecular weight excluding hydrogens is 242 g/mol. The lowest BCUT2D eigenvalue weighted by Gasteiger charge is -2.32. The second-order valence-corrected chi connectivity index (χ2v) is 7.68. The molecule has 0 saturated heterocycles. The smallest absolute Gasteiger partial charge is 0.0342 e. The van der Waals surface area contributed by atoms with Crippen molar-refractivity contribution in [3.63, 3.8) is 0 Å². The molecule has 20 heavy (non-hydrogen) atoms. The summed E-state index contributed by atoms with van der Waals surface area (Å²) in [7, 11) is 0. The van der Waals surface area contributed by atoms with Crippen molar-refractivity contribution in [3.8, 4) is 0 Å². The van der Waals surface area contributed by atoms with Crippen molar-refractivity contribution >= 4 is 5.69 Å². The number of rotatable bonds is 3. The van der Waals surface area contributed by atoms with Crippen molar-refractivity contribution in [2.45, 2.75) is 57.9 Å². The van der Waals surface area contributed by atoms with Gasteiger partial charge in [0, 0.05) is 11.7 Å². The number of hydrogen-bond donors (Lipinski definition) is 1. The van der Waals surface area contributed by atoms with E-state index in [2.05, 4.69) is 43.4 Å². The maximum atomic E-state index is 3.85. The van der Waals surface area contributed by atoms with Gasteiger partial charge in [-0.3, -0.25) is 0 Å². The van der Waals surface area contributed by atoms with Crippen LogP contribution >= 0.6 is 0 Å². The van der Waals surface area contributed by atoms with E-state index in [1.54, 1.807) is 0 Å². The van der Waals surface area contributed by atoms with Crippen LogP contribution in [0.1, 0.15) is 57.4 Å². The highest BCUT2D eigenvalue weighted by atomic mass is 14.9. The van der Waals surface area contributed by atoms with E-state index in [0.29, 0.717) is 5.92 Å². The van der Waals surface area contributed by atoms with Gasteiger partial charge in [-0.25, -0.2) is 0 Å². The first-order chi connectivity index (χ1) is 9.72. The molecule has 1 N–H and O–H groups in total. The Labute approximate surface area is 123 Å². The summed E-state index contributed by atoms with van der Waals surface area (Å²) in [6.45, 7) is 4.52. The molecule has 0 aromatic heterocycles. The first-order valence-electron chi connectivity index (χ1n) is 8.59. The molecule has 0 radical (unpaired) electrons. The molecule has 0 spiro atoms. The lowest BCUT2D eigenvalue weighted by atomic mass is 9.79. The average Bonchev–Trinajstić information content (AvgIpc) is 3.11. The zero-order chi connectivity index (χ0) is 13.7. The zero-order valence-electron chi connectivity index (χ0n) is 12.8. The lowest BCUT2D eigenvalue weighted by molar-refractivity contribution is 0.243. The van der Waals surface area contributed by atoms with E-state index in [1.807, 2.05) is 0 Å². The minimum absolute atomic E-state index is 0.630. The minimum atomic E-state index is 0.630. The van der Waals surface area contributed by atoms with Crippen LogP contribution < -0.4 is 5.32 Å². The van der Waals surface area contributed by atoms with E-state index < -0.39 is 0 Å². The second-order valence-electron chi connectivity index (χ2n) is 7.68. The van der Waals surface area contributed by atoms with Crippen molar-refractivity contribution in [3.05, 3.63) is 29.8 Å². The third kappa shape index (κ3) is 1.98. The molecule has 3 aliphatic carbocycles. The summed E-state index contributed by atoms with van der Waals surface area (Å²) in [4.78, 5) is 0. The van der Waals surface area contributed by atoms with Crippen LogP contribution in [-0.4, -0.2) is 6.04 Å². The van der Waals surface area contributed by atoms with Crippen molar-refractivity contribution in [2.24, 2.45) is 23.7 Å². The molecule has 0 aliphatic heterocycles. The van der Waals surface area contributed by atoms with Crippen LogP contribution in [-0.2, 0) is 0 Å². The van der Waals surface area contributed by atoms with Crippen molar-refractivity contribution < 1.29 is 0 Å². The highest BCUT2D eigenvalue weighted by molar-refractivity contribution is 5.46. The summed E-state index contributed by atoms with van der Waals surface area (Å²) in [5.41, 5.74) is 2.78. The van der Waals surface area contributed by atoms with Crippen LogP contribution in [0.2, 0.25) is 0 Å². The third-order valence-electron chi connectivity index (χ3n) is 6.36. The fourth-order valence-corrected chi connectivity index (χ4v) is 5.41. The Morgan fingerprint density at radius 2 is 1.70 bits per heavy atom. The van der Waals surface area contributed by atoms with Crippen molar-refractivity contribution in [1.82, 2.24) is 0 Å². The predicted octanol–water partition coefficient (Wildman–Crippen LogP) is 5.05. The maximum absolute atomic E-state index is 3.85. The van der Waals surface area contributed by atoms with Crippen LogP contribution in [0.15, 0.2) is 24.3 Å². The minimum Gasteiger partial charge on any atom is -0.382 e. The van der Waals surface area contributed by atoms with Crippen LogP contribution in [0.5, 0.6) is 0 Å². The van der Waals surface area contributed by atoms with Crippen LogP contribution in [0.25, 0.3) is 0 Å². The molecule has 1 nitrogen and oxygen atoms in total. The molecule has 4 rings (SSSR count). The van der Waals surface area contributed by atoms with Crippen LogP contribution in [0, 0.1) is 23.7 Å². The van der Waals surface area contributed by atoms with Gasteiger partial charge in [0.15, 0.2) is 0 Å². The monoisotopic (exact) mass is 269 g/mol. The van der Waals surface area contributed by atoms with Gasteiger partial charge in [0.25, 0.3) is 0 Å². The Hall–Kier alpha value is -0.980. The summed E-state index contributed by atoms with van der Waals surface area (Å²) < 4.78 is 0. The molecule has 3 saturated carbocycles. The SMILES string of the molecule is CC(C)c1ccc(NC2CC3CC2C2CCCC32)cc1. The zero-order valence-corrected chi connectivity index (χ0v) is 12.8. The van der Waals surface area contributed by atoms with E-state index in [4.69, 9.17) is 0 Å². The summed E-state index contributed by atoms with van der Waals surface area (Å²) in [5, 5.41) is 3.85. The number of anilines is 1. The van der Waals surface area contributed by atoms with Gasteiger partial charge in [0.05, 0.1) is 0 Å². The number of nitrogens with one attached hydrogen (secondary N) is 1. The molecule has 5 atom stereocenters. The second kappa shape index (κ2) is 4.79. The number of fused-ring (bicyclic) bond motifs is 5. The van der Waals surface area contributed by atoms with Gasteiger partial charge in [-0.15, -0.1) is 0 Å². The Morgan fingerprint density at radius 3 is 2.45 bits per heavy atom. The molecule has 108 valence electrons. The van der Waals surface area contributed by atoms with Gasteiger partial charge in [0.1, 0.15) is 0 Å². The van der Waals surface area contributed by atoms with E-state index >= 15 is 0 Å². The molecular formula is C19H27N. The molecule has 2 bridgehead atoms. The summed E-state index contributed by atoms with van der Waals surface area (Å²) >= 11 is 0.